The predicted molar refractivity (Wildman–Crippen MR) is 130 cm³/mol. The molecule has 3 heterocycles. The Morgan fingerprint density at radius 3 is 2.50 bits per heavy atom. The van der Waals surface area contributed by atoms with Crippen molar-refractivity contribution in [2.45, 2.75) is 41.0 Å². The number of aromatic nitrogens is 3. The van der Waals surface area contributed by atoms with Crippen LogP contribution in [-0.2, 0) is 13.5 Å². The van der Waals surface area contributed by atoms with Gasteiger partial charge in [0, 0.05) is 16.8 Å². The molecule has 0 unspecified atom stereocenters. The largest absolute Gasteiger partial charge is 0.307 e. The summed E-state index contributed by atoms with van der Waals surface area (Å²) in [5, 5.41) is 4.67. The van der Waals surface area contributed by atoms with Crippen molar-refractivity contribution in [2.75, 3.05) is 0 Å². The van der Waals surface area contributed by atoms with E-state index in [-0.39, 0.29) is 11.2 Å². The molecule has 0 spiro atoms. The number of benzene rings is 3. The number of fused-ring (bicyclic) bond motifs is 5. The number of nitrogens with zero attached hydrogens (tertiary/aromatic N) is 3. The fourth-order valence-electron chi connectivity index (χ4n) is 5.50. The van der Waals surface area contributed by atoms with Gasteiger partial charge in [-0.05, 0) is 65.6 Å². The Hall–Kier alpha value is -3.27. The highest BCUT2D eigenvalue weighted by Gasteiger charge is 2.25. The van der Waals surface area contributed by atoms with E-state index in [1.807, 2.05) is 7.05 Å². The summed E-state index contributed by atoms with van der Waals surface area (Å²) in [4.78, 5) is 4.57. The summed E-state index contributed by atoms with van der Waals surface area (Å²) in [6.45, 7) is 11.2. The first-order valence-corrected chi connectivity index (χ1v) is 11.2. The number of aryl methyl sites for hydroxylation is 3. The Bertz CT molecular complexity index is 1720. The summed E-state index contributed by atoms with van der Waals surface area (Å²) < 4.78 is 19.1. The van der Waals surface area contributed by atoms with E-state index in [2.05, 4.69) is 72.8 Å². The molecule has 0 aliphatic rings. The van der Waals surface area contributed by atoms with Gasteiger partial charge in [0.25, 0.3) is 6.33 Å². The molecule has 0 fully saturated rings. The molecule has 32 heavy (non-hydrogen) atoms. The molecule has 0 bridgehead atoms. The summed E-state index contributed by atoms with van der Waals surface area (Å²) in [7, 11) is 2.03. The summed E-state index contributed by atoms with van der Waals surface area (Å²) in [5.74, 6) is -0.257. The predicted octanol–water partition coefficient (Wildman–Crippen LogP) is 6.55. The monoisotopic (exact) mass is 424 g/mol. The van der Waals surface area contributed by atoms with E-state index in [0.29, 0.717) is 5.52 Å². The summed E-state index contributed by atoms with van der Waals surface area (Å²) >= 11 is 0. The fraction of sp³-hybridized carbons (Fsp3) is 0.286. The van der Waals surface area contributed by atoms with Gasteiger partial charge >= 0.3 is 0 Å². The third-order valence-corrected chi connectivity index (χ3v) is 6.87. The lowest BCUT2D eigenvalue weighted by Gasteiger charge is -2.18. The van der Waals surface area contributed by atoms with Crippen LogP contribution >= 0.6 is 0 Å². The van der Waals surface area contributed by atoms with Crippen molar-refractivity contribution in [3.63, 3.8) is 0 Å². The lowest BCUT2D eigenvalue weighted by atomic mass is 9.88. The van der Waals surface area contributed by atoms with Gasteiger partial charge in [0.2, 0.25) is 0 Å². The van der Waals surface area contributed by atoms with Crippen molar-refractivity contribution in [3.8, 4) is 0 Å². The normalized spacial score (nSPS) is 13.0. The molecule has 6 aromatic rings. The second kappa shape index (κ2) is 6.16. The minimum absolute atomic E-state index is 0.191. The highest BCUT2D eigenvalue weighted by molar-refractivity contribution is 6.25. The number of pyridine rings is 1. The smallest absolute Gasteiger partial charge is 0.287 e. The van der Waals surface area contributed by atoms with Crippen LogP contribution in [0.15, 0.2) is 42.7 Å². The van der Waals surface area contributed by atoms with Gasteiger partial charge in [-0.2, -0.15) is 0 Å². The molecular weight excluding hydrogens is 397 g/mol. The van der Waals surface area contributed by atoms with Crippen molar-refractivity contribution < 1.29 is 8.96 Å². The zero-order valence-corrected chi connectivity index (χ0v) is 19.5. The Kier molecular flexibility index (Phi) is 3.74. The first-order chi connectivity index (χ1) is 15.1. The average Bonchev–Trinajstić information content (AvgIpc) is 3.02. The Balaban J connectivity index is 1.96. The number of hydrogen-bond donors (Lipinski definition) is 0. The van der Waals surface area contributed by atoms with Crippen LogP contribution in [0.1, 0.15) is 37.5 Å². The van der Waals surface area contributed by atoms with E-state index < -0.39 is 0 Å². The molecule has 3 nitrogen and oxygen atoms in total. The highest BCUT2D eigenvalue weighted by Crippen LogP contribution is 2.42. The Morgan fingerprint density at radius 1 is 0.969 bits per heavy atom. The van der Waals surface area contributed by atoms with Crippen molar-refractivity contribution in [1.82, 2.24) is 9.38 Å². The van der Waals surface area contributed by atoms with E-state index in [1.165, 1.54) is 32.8 Å². The molecule has 160 valence electrons. The lowest BCUT2D eigenvalue weighted by molar-refractivity contribution is -0.646. The van der Waals surface area contributed by atoms with Gasteiger partial charge in [-0.25, -0.2) is 8.96 Å². The summed E-state index contributed by atoms with van der Waals surface area (Å²) in [6.07, 6.45) is 2.79. The number of rotatable bonds is 1. The third kappa shape index (κ3) is 2.52. The molecule has 0 aliphatic heterocycles. The van der Waals surface area contributed by atoms with Crippen LogP contribution in [-0.4, -0.2) is 9.38 Å². The first-order valence-electron chi connectivity index (χ1n) is 11.2. The quantitative estimate of drug-likeness (QED) is 0.166. The van der Waals surface area contributed by atoms with Crippen LogP contribution in [0.2, 0.25) is 0 Å². The van der Waals surface area contributed by atoms with Gasteiger partial charge in [0.05, 0.1) is 34.4 Å². The zero-order chi connectivity index (χ0) is 22.5. The second-order valence-corrected chi connectivity index (χ2v) is 10.5. The molecule has 0 atom stereocenters. The molecule has 0 saturated carbocycles. The van der Waals surface area contributed by atoms with Gasteiger partial charge < -0.3 is 4.40 Å². The van der Waals surface area contributed by atoms with Crippen molar-refractivity contribution >= 4 is 49.1 Å². The number of halogens is 1. The van der Waals surface area contributed by atoms with E-state index in [4.69, 9.17) is 0 Å². The van der Waals surface area contributed by atoms with E-state index in [0.717, 1.165) is 33.9 Å². The van der Waals surface area contributed by atoms with Crippen LogP contribution in [0.5, 0.6) is 0 Å². The molecule has 4 heteroatoms. The zero-order valence-electron chi connectivity index (χ0n) is 19.5. The van der Waals surface area contributed by atoms with Crippen molar-refractivity contribution in [3.05, 3.63) is 65.2 Å². The summed E-state index contributed by atoms with van der Waals surface area (Å²) in [6, 6.07) is 12.3. The van der Waals surface area contributed by atoms with Gasteiger partial charge in [0.1, 0.15) is 11.3 Å². The SMILES string of the molecule is Cc1cc2c3ccc(CC(C)(C)C)cc3n3c4cc(F)cc5nc[n+](C)c(c(c1C)c23)c54. The van der Waals surface area contributed by atoms with Gasteiger partial charge in [0.15, 0.2) is 5.52 Å². The third-order valence-electron chi connectivity index (χ3n) is 6.87. The minimum Gasteiger partial charge on any atom is -0.307 e. The number of hydrogen-bond acceptors (Lipinski definition) is 1. The molecule has 3 aromatic carbocycles. The topological polar surface area (TPSA) is 21.2 Å². The molecule has 0 aliphatic carbocycles. The minimum atomic E-state index is -0.257. The molecule has 0 saturated heterocycles. The fourth-order valence-corrected chi connectivity index (χ4v) is 5.50. The molecule has 6 rings (SSSR count). The summed E-state index contributed by atoms with van der Waals surface area (Å²) in [5.41, 5.74) is 9.00. The molecule has 0 N–H and O–H groups in total. The van der Waals surface area contributed by atoms with Crippen LogP contribution in [0.25, 0.3) is 49.1 Å². The molecule has 3 aromatic heterocycles. The molecule has 0 radical (unpaired) electrons. The van der Waals surface area contributed by atoms with Crippen LogP contribution in [0, 0.1) is 25.1 Å². The van der Waals surface area contributed by atoms with Crippen LogP contribution in [0.4, 0.5) is 4.39 Å². The lowest BCUT2D eigenvalue weighted by Crippen LogP contribution is -2.30. The van der Waals surface area contributed by atoms with Crippen LogP contribution < -0.4 is 4.57 Å². The van der Waals surface area contributed by atoms with E-state index in [1.54, 1.807) is 18.5 Å². The first kappa shape index (κ1) is 19.4. The van der Waals surface area contributed by atoms with Crippen molar-refractivity contribution in [2.24, 2.45) is 12.5 Å². The average molecular weight is 425 g/mol. The maximum Gasteiger partial charge on any atom is 0.287 e. The highest BCUT2D eigenvalue weighted by atomic mass is 19.1. The molecular formula is C28H27FN3+. The van der Waals surface area contributed by atoms with Gasteiger partial charge in [-0.3, -0.25) is 0 Å². The van der Waals surface area contributed by atoms with Crippen LogP contribution in [0.3, 0.4) is 0 Å². The maximum atomic E-state index is 14.8. The molecule has 0 amide bonds. The second-order valence-electron chi connectivity index (χ2n) is 10.5. The maximum absolute atomic E-state index is 14.8. The standard InChI is InChI=1S/C28H27FN3/c1-15-9-20-19-8-7-17(13-28(3,4)5)10-22(19)32-23-12-18(29)11-21-25(23)27(31(6)14-30-21)24(16(15)2)26(20)32/h7-12,14H,13H2,1-6H3/q+1. The van der Waals surface area contributed by atoms with Gasteiger partial charge in [-0.1, -0.05) is 32.9 Å². The van der Waals surface area contributed by atoms with E-state index in [9.17, 15) is 4.39 Å². The Morgan fingerprint density at radius 2 is 1.75 bits per heavy atom. The Labute approximate surface area is 186 Å². The van der Waals surface area contributed by atoms with Crippen molar-refractivity contribution in [1.29, 1.82) is 0 Å². The van der Waals surface area contributed by atoms with E-state index >= 15 is 0 Å². The van der Waals surface area contributed by atoms with Gasteiger partial charge in [-0.15, -0.1) is 0 Å².